The van der Waals surface area contributed by atoms with Gasteiger partial charge >= 0.3 is 0 Å². The molecule has 0 saturated heterocycles. The lowest BCUT2D eigenvalue weighted by molar-refractivity contribution is -0.132. The molecule has 0 radical (unpaired) electrons. The van der Waals surface area contributed by atoms with Crippen molar-refractivity contribution in [2.45, 2.75) is 33.7 Å². The molecule has 2 amide bonds. The predicted octanol–water partition coefficient (Wildman–Crippen LogP) is 1.50. The zero-order valence-corrected chi connectivity index (χ0v) is 16.5. The number of likely N-dealkylation sites (N-methyl/N-ethyl adjacent to an activating group) is 1. The zero-order valence-electron chi connectivity index (χ0n) is 15.7. The van der Waals surface area contributed by atoms with Crippen LogP contribution in [0, 0.1) is 12.3 Å². The number of nitrogens with two attached hydrogens (primary N) is 1. The molecule has 2 aromatic heterocycles. The Kier molecular flexibility index (Phi) is 5.53. The van der Waals surface area contributed by atoms with Crippen LogP contribution in [0.25, 0.3) is 10.2 Å². The van der Waals surface area contributed by atoms with E-state index in [4.69, 9.17) is 5.73 Å². The molecule has 2 heterocycles. The number of thiophene rings is 1. The van der Waals surface area contributed by atoms with E-state index in [1.807, 2.05) is 33.9 Å². The van der Waals surface area contributed by atoms with Crippen molar-refractivity contribution in [3.05, 3.63) is 16.6 Å². The minimum Gasteiger partial charge on any atom is -0.343 e. The van der Waals surface area contributed by atoms with Crippen LogP contribution in [-0.2, 0) is 11.8 Å². The minimum absolute atomic E-state index is 0.131. The van der Waals surface area contributed by atoms with Gasteiger partial charge in [-0.2, -0.15) is 5.10 Å². The summed E-state index contributed by atoms with van der Waals surface area (Å²) in [7, 11) is 3.59. The standard InChI is InChI=1S/C17H27N5O2S/c1-10-12-7-13(25-16(12)22(6)20-10)14(23)19-11(2)15(24)21(5)9-17(3,4)8-18/h7,11H,8-9,18H2,1-6H3,(H,19,23). The third kappa shape index (κ3) is 4.19. The van der Waals surface area contributed by atoms with Crippen molar-refractivity contribution in [1.82, 2.24) is 20.0 Å². The number of carbonyl (C=O) groups is 2. The summed E-state index contributed by atoms with van der Waals surface area (Å²) in [5.74, 6) is -0.373. The number of fused-ring (bicyclic) bond motifs is 1. The third-order valence-electron chi connectivity index (χ3n) is 4.23. The molecular weight excluding hydrogens is 338 g/mol. The zero-order chi connectivity index (χ0) is 18.9. The molecule has 3 N–H and O–H groups in total. The molecule has 138 valence electrons. The molecule has 0 saturated carbocycles. The molecule has 0 aromatic carbocycles. The SMILES string of the molecule is Cc1nn(C)c2sc(C(=O)NC(C)C(=O)N(C)CC(C)(C)CN)cc12. The smallest absolute Gasteiger partial charge is 0.262 e. The average Bonchev–Trinajstić information content (AvgIpc) is 3.08. The van der Waals surface area contributed by atoms with Crippen LogP contribution >= 0.6 is 11.3 Å². The highest BCUT2D eigenvalue weighted by Gasteiger charge is 2.26. The lowest BCUT2D eigenvalue weighted by Gasteiger charge is -2.30. The molecule has 0 aliphatic rings. The highest BCUT2D eigenvalue weighted by molar-refractivity contribution is 7.20. The number of nitrogens with one attached hydrogen (secondary N) is 1. The van der Waals surface area contributed by atoms with Crippen molar-refractivity contribution >= 4 is 33.4 Å². The molecule has 2 aromatic rings. The minimum atomic E-state index is -0.601. The first-order chi connectivity index (χ1) is 11.6. The van der Waals surface area contributed by atoms with Gasteiger partial charge in [-0.3, -0.25) is 14.3 Å². The maximum absolute atomic E-state index is 12.5. The van der Waals surface area contributed by atoms with Crippen LogP contribution in [0.3, 0.4) is 0 Å². The van der Waals surface area contributed by atoms with Gasteiger partial charge in [0.1, 0.15) is 10.9 Å². The molecule has 1 atom stereocenters. The topological polar surface area (TPSA) is 93.2 Å². The molecule has 0 aliphatic heterocycles. The van der Waals surface area contributed by atoms with E-state index in [-0.39, 0.29) is 17.2 Å². The number of rotatable bonds is 6. The predicted molar refractivity (Wildman–Crippen MR) is 101 cm³/mol. The Morgan fingerprint density at radius 2 is 2.12 bits per heavy atom. The largest absolute Gasteiger partial charge is 0.343 e. The fourth-order valence-corrected chi connectivity index (χ4v) is 3.79. The van der Waals surface area contributed by atoms with Crippen molar-refractivity contribution in [3.8, 4) is 0 Å². The summed E-state index contributed by atoms with van der Waals surface area (Å²) in [5.41, 5.74) is 6.45. The first kappa shape index (κ1) is 19.4. The van der Waals surface area contributed by atoms with Gasteiger partial charge in [-0.15, -0.1) is 11.3 Å². The average molecular weight is 366 g/mol. The Hall–Kier alpha value is -1.93. The maximum Gasteiger partial charge on any atom is 0.262 e. The molecular formula is C17H27N5O2S. The van der Waals surface area contributed by atoms with Gasteiger partial charge in [0, 0.05) is 26.0 Å². The van der Waals surface area contributed by atoms with E-state index in [9.17, 15) is 9.59 Å². The Balaban J connectivity index is 2.05. The Morgan fingerprint density at radius 3 is 2.68 bits per heavy atom. The lowest BCUT2D eigenvalue weighted by Crippen LogP contribution is -2.48. The number of aryl methyl sites for hydroxylation is 2. The Bertz CT molecular complexity index is 758. The molecule has 7 nitrogen and oxygen atoms in total. The molecule has 8 heteroatoms. The number of carbonyl (C=O) groups excluding carboxylic acids is 2. The van der Waals surface area contributed by atoms with Crippen molar-refractivity contribution in [2.24, 2.45) is 18.2 Å². The number of nitrogens with zero attached hydrogens (tertiary/aromatic N) is 3. The van der Waals surface area contributed by atoms with Gasteiger partial charge < -0.3 is 16.0 Å². The second kappa shape index (κ2) is 7.13. The second-order valence-electron chi connectivity index (χ2n) is 7.30. The quantitative estimate of drug-likeness (QED) is 0.811. The van der Waals surface area contributed by atoms with E-state index in [2.05, 4.69) is 10.4 Å². The van der Waals surface area contributed by atoms with Gasteiger partial charge in [-0.1, -0.05) is 13.8 Å². The fourth-order valence-electron chi connectivity index (χ4n) is 2.76. The van der Waals surface area contributed by atoms with Crippen molar-refractivity contribution in [2.75, 3.05) is 20.1 Å². The van der Waals surface area contributed by atoms with Crippen LogP contribution in [0.5, 0.6) is 0 Å². The van der Waals surface area contributed by atoms with Gasteiger partial charge in [0.15, 0.2) is 0 Å². The summed E-state index contributed by atoms with van der Waals surface area (Å²) in [6.45, 7) is 8.65. The molecule has 0 spiro atoms. The van der Waals surface area contributed by atoms with E-state index < -0.39 is 6.04 Å². The van der Waals surface area contributed by atoms with E-state index in [0.717, 1.165) is 15.9 Å². The molecule has 0 fully saturated rings. The highest BCUT2D eigenvalue weighted by atomic mass is 32.1. The van der Waals surface area contributed by atoms with E-state index >= 15 is 0 Å². The summed E-state index contributed by atoms with van der Waals surface area (Å²) in [4.78, 5) is 28.1. The Labute approximate surface area is 152 Å². The van der Waals surface area contributed by atoms with Crippen molar-refractivity contribution < 1.29 is 9.59 Å². The number of amides is 2. The number of hydrogen-bond donors (Lipinski definition) is 2. The van der Waals surface area contributed by atoms with Crippen LogP contribution in [0.1, 0.15) is 36.1 Å². The molecule has 0 bridgehead atoms. The Morgan fingerprint density at radius 1 is 1.48 bits per heavy atom. The summed E-state index contributed by atoms with van der Waals surface area (Å²) < 4.78 is 1.77. The van der Waals surface area contributed by atoms with Crippen LogP contribution in [0.15, 0.2) is 6.07 Å². The third-order valence-corrected chi connectivity index (χ3v) is 5.43. The molecule has 1 unspecified atom stereocenters. The summed E-state index contributed by atoms with van der Waals surface area (Å²) in [5, 5.41) is 8.09. The van der Waals surface area contributed by atoms with Gasteiger partial charge in [-0.05, 0) is 31.9 Å². The molecule has 0 aliphatic carbocycles. The van der Waals surface area contributed by atoms with Gasteiger partial charge in [0.2, 0.25) is 5.91 Å². The van der Waals surface area contributed by atoms with Gasteiger partial charge in [-0.25, -0.2) is 0 Å². The molecule has 2 rings (SSSR count). The number of aromatic nitrogens is 2. The van der Waals surface area contributed by atoms with Crippen LogP contribution in [0.4, 0.5) is 0 Å². The van der Waals surface area contributed by atoms with Gasteiger partial charge in [0.25, 0.3) is 5.91 Å². The summed E-state index contributed by atoms with van der Waals surface area (Å²) in [6, 6.07) is 1.23. The van der Waals surface area contributed by atoms with Crippen LogP contribution in [-0.4, -0.2) is 52.7 Å². The first-order valence-electron chi connectivity index (χ1n) is 8.25. The summed E-state index contributed by atoms with van der Waals surface area (Å²) in [6.07, 6.45) is 0. The summed E-state index contributed by atoms with van der Waals surface area (Å²) >= 11 is 1.38. The van der Waals surface area contributed by atoms with E-state index in [0.29, 0.717) is 18.0 Å². The lowest BCUT2D eigenvalue weighted by atomic mass is 9.93. The fraction of sp³-hybridized carbons (Fsp3) is 0.588. The monoisotopic (exact) mass is 365 g/mol. The normalized spacial score (nSPS) is 13.1. The van der Waals surface area contributed by atoms with Crippen molar-refractivity contribution in [1.29, 1.82) is 0 Å². The van der Waals surface area contributed by atoms with Crippen LogP contribution < -0.4 is 11.1 Å². The first-order valence-corrected chi connectivity index (χ1v) is 9.06. The van der Waals surface area contributed by atoms with Crippen LogP contribution in [0.2, 0.25) is 0 Å². The van der Waals surface area contributed by atoms with Gasteiger partial charge in [0.05, 0.1) is 10.6 Å². The highest BCUT2D eigenvalue weighted by Crippen LogP contribution is 2.27. The van der Waals surface area contributed by atoms with Crippen molar-refractivity contribution in [3.63, 3.8) is 0 Å². The van der Waals surface area contributed by atoms with E-state index in [1.54, 1.807) is 23.6 Å². The molecule has 25 heavy (non-hydrogen) atoms. The van der Waals surface area contributed by atoms with E-state index in [1.165, 1.54) is 11.3 Å². The second-order valence-corrected chi connectivity index (χ2v) is 8.33. The maximum atomic E-state index is 12.5. The number of hydrogen-bond acceptors (Lipinski definition) is 5.